The van der Waals surface area contributed by atoms with E-state index in [0.717, 1.165) is 10.8 Å². The number of nitrogens with one attached hydrogen (secondary N) is 1. The molecule has 1 heterocycles. The maximum absolute atomic E-state index is 12.2. The minimum atomic E-state index is -0.656. The van der Waals surface area contributed by atoms with Gasteiger partial charge in [0.05, 0.1) is 12.2 Å². The van der Waals surface area contributed by atoms with Gasteiger partial charge in [-0.25, -0.2) is 0 Å². The van der Waals surface area contributed by atoms with E-state index in [-0.39, 0.29) is 37.2 Å². The van der Waals surface area contributed by atoms with Gasteiger partial charge in [0.1, 0.15) is 6.54 Å². The topological polar surface area (TPSA) is 84.9 Å². The third-order valence-corrected chi connectivity index (χ3v) is 4.53. The average Bonchev–Trinajstić information content (AvgIpc) is 2.69. The van der Waals surface area contributed by atoms with Crippen molar-refractivity contribution in [2.45, 2.75) is 26.1 Å². The SMILES string of the molecule is C[C@@H]1CN(C(=O)COC(=O)CNC(=O)c2ccc3ccccc3c2)C[C@H](C)O1. The van der Waals surface area contributed by atoms with E-state index in [2.05, 4.69) is 5.32 Å². The number of rotatable bonds is 5. The van der Waals surface area contributed by atoms with Gasteiger partial charge in [-0.05, 0) is 36.8 Å². The van der Waals surface area contributed by atoms with Crippen molar-refractivity contribution in [3.63, 3.8) is 0 Å². The molecule has 1 fully saturated rings. The fourth-order valence-electron chi connectivity index (χ4n) is 3.25. The average molecular weight is 384 g/mol. The second-order valence-electron chi connectivity index (χ2n) is 6.96. The van der Waals surface area contributed by atoms with Gasteiger partial charge in [-0.15, -0.1) is 0 Å². The number of amides is 2. The largest absolute Gasteiger partial charge is 0.454 e. The quantitative estimate of drug-likeness (QED) is 0.794. The smallest absolute Gasteiger partial charge is 0.325 e. The third-order valence-electron chi connectivity index (χ3n) is 4.53. The van der Waals surface area contributed by atoms with Crippen LogP contribution in [0.1, 0.15) is 24.2 Å². The van der Waals surface area contributed by atoms with Gasteiger partial charge in [0.25, 0.3) is 11.8 Å². The molecule has 2 amide bonds. The Kier molecular flexibility index (Phi) is 6.26. The van der Waals surface area contributed by atoms with Crippen LogP contribution in [0.4, 0.5) is 0 Å². The zero-order valence-corrected chi connectivity index (χ0v) is 16.0. The van der Waals surface area contributed by atoms with Crippen molar-refractivity contribution >= 4 is 28.6 Å². The molecule has 0 aliphatic carbocycles. The Labute approximate surface area is 163 Å². The van der Waals surface area contributed by atoms with Crippen LogP contribution in [0.5, 0.6) is 0 Å². The normalized spacial score (nSPS) is 19.3. The molecule has 7 nitrogen and oxygen atoms in total. The van der Waals surface area contributed by atoms with E-state index in [1.165, 1.54) is 0 Å². The lowest BCUT2D eigenvalue weighted by Crippen LogP contribution is -2.49. The Morgan fingerprint density at radius 2 is 1.75 bits per heavy atom. The first kappa shape index (κ1) is 19.8. The van der Waals surface area contributed by atoms with Crippen LogP contribution >= 0.6 is 0 Å². The molecule has 0 radical (unpaired) electrons. The Morgan fingerprint density at radius 1 is 1.07 bits per heavy atom. The van der Waals surface area contributed by atoms with Crippen molar-refractivity contribution < 1.29 is 23.9 Å². The number of hydrogen-bond acceptors (Lipinski definition) is 5. The molecule has 1 N–H and O–H groups in total. The summed E-state index contributed by atoms with van der Waals surface area (Å²) in [5.74, 6) is -1.29. The lowest BCUT2D eigenvalue weighted by atomic mass is 10.1. The van der Waals surface area contributed by atoms with E-state index in [1.54, 1.807) is 17.0 Å². The van der Waals surface area contributed by atoms with Gasteiger partial charge < -0.3 is 19.7 Å². The van der Waals surface area contributed by atoms with Crippen molar-refractivity contribution in [1.29, 1.82) is 0 Å². The van der Waals surface area contributed by atoms with Crippen molar-refractivity contribution in [3.05, 3.63) is 48.0 Å². The molecule has 2 aromatic carbocycles. The predicted molar refractivity (Wildman–Crippen MR) is 104 cm³/mol. The van der Waals surface area contributed by atoms with Gasteiger partial charge in [0.2, 0.25) is 0 Å². The standard InChI is InChI=1S/C21H24N2O5/c1-14-11-23(12-15(2)28-14)19(24)13-27-20(25)10-22-21(26)18-8-7-16-5-3-4-6-17(16)9-18/h3-9,14-15H,10-13H2,1-2H3,(H,22,26)/t14-,15+. The van der Waals surface area contributed by atoms with Crippen LogP contribution in [0.25, 0.3) is 10.8 Å². The van der Waals surface area contributed by atoms with Gasteiger partial charge in [-0.2, -0.15) is 0 Å². The van der Waals surface area contributed by atoms with Gasteiger partial charge in [-0.1, -0.05) is 30.3 Å². The van der Waals surface area contributed by atoms with Crippen molar-refractivity contribution in [3.8, 4) is 0 Å². The molecule has 7 heteroatoms. The molecule has 28 heavy (non-hydrogen) atoms. The van der Waals surface area contributed by atoms with Gasteiger partial charge in [0.15, 0.2) is 6.61 Å². The number of fused-ring (bicyclic) bond motifs is 1. The summed E-state index contributed by atoms with van der Waals surface area (Å²) < 4.78 is 10.6. The molecular formula is C21H24N2O5. The minimum Gasteiger partial charge on any atom is -0.454 e. The minimum absolute atomic E-state index is 0.0513. The first-order chi connectivity index (χ1) is 13.4. The van der Waals surface area contributed by atoms with Crippen LogP contribution in [0.15, 0.2) is 42.5 Å². The molecular weight excluding hydrogens is 360 g/mol. The molecule has 2 aromatic rings. The number of carbonyl (C=O) groups is 3. The second-order valence-corrected chi connectivity index (χ2v) is 6.96. The Hall–Kier alpha value is -2.93. The third kappa shape index (κ3) is 5.07. The highest BCUT2D eigenvalue weighted by molar-refractivity contribution is 5.99. The van der Waals surface area contributed by atoms with Crippen LogP contribution in [0.3, 0.4) is 0 Å². The van der Waals surface area contributed by atoms with Gasteiger partial charge in [0, 0.05) is 18.7 Å². The number of benzene rings is 2. The van der Waals surface area contributed by atoms with E-state index in [4.69, 9.17) is 9.47 Å². The van der Waals surface area contributed by atoms with Crippen LogP contribution in [-0.4, -0.2) is 61.1 Å². The lowest BCUT2D eigenvalue weighted by Gasteiger charge is -2.35. The zero-order valence-electron chi connectivity index (χ0n) is 16.0. The van der Waals surface area contributed by atoms with E-state index in [1.807, 2.05) is 44.2 Å². The highest BCUT2D eigenvalue weighted by atomic mass is 16.5. The van der Waals surface area contributed by atoms with Gasteiger partial charge >= 0.3 is 5.97 Å². The fourth-order valence-corrected chi connectivity index (χ4v) is 3.25. The zero-order chi connectivity index (χ0) is 20.1. The van der Waals surface area contributed by atoms with E-state index < -0.39 is 5.97 Å². The summed E-state index contributed by atoms with van der Waals surface area (Å²) in [6, 6.07) is 13.0. The maximum Gasteiger partial charge on any atom is 0.325 e. The number of ether oxygens (including phenoxy) is 2. The highest BCUT2D eigenvalue weighted by Crippen LogP contribution is 2.15. The summed E-state index contributed by atoms with van der Waals surface area (Å²) in [6.07, 6.45) is -0.103. The number of esters is 1. The predicted octanol–water partition coefficient (Wildman–Crippen LogP) is 1.75. The van der Waals surface area contributed by atoms with Crippen LogP contribution in [-0.2, 0) is 19.1 Å². The molecule has 0 spiro atoms. The maximum atomic E-state index is 12.2. The molecule has 0 saturated carbocycles. The molecule has 1 aliphatic rings. The van der Waals surface area contributed by atoms with E-state index in [0.29, 0.717) is 18.7 Å². The van der Waals surface area contributed by atoms with Crippen molar-refractivity contribution in [2.24, 2.45) is 0 Å². The number of nitrogens with zero attached hydrogens (tertiary/aromatic N) is 1. The summed E-state index contributed by atoms with van der Waals surface area (Å²) in [5.41, 5.74) is 0.457. The number of carbonyl (C=O) groups excluding carboxylic acids is 3. The summed E-state index contributed by atoms with van der Waals surface area (Å²) >= 11 is 0. The van der Waals surface area contributed by atoms with E-state index in [9.17, 15) is 14.4 Å². The molecule has 0 aromatic heterocycles. The molecule has 1 aliphatic heterocycles. The van der Waals surface area contributed by atoms with Gasteiger partial charge in [-0.3, -0.25) is 14.4 Å². The monoisotopic (exact) mass is 384 g/mol. The first-order valence-electron chi connectivity index (χ1n) is 9.28. The molecule has 3 rings (SSSR count). The molecule has 2 atom stereocenters. The fraction of sp³-hybridized carbons (Fsp3) is 0.381. The first-order valence-corrected chi connectivity index (χ1v) is 9.28. The van der Waals surface area contributed by atoms with Crippen LogP contribution in [0.2, 0.25) is 0 Å². The highest BCUT2D eigenvalue weighted by Gasteiger charge is 2.26. The Morgan fingerprint density at radius 3 is 2.46 bits per heavy atom. The molecule has 0 bridgehead atoms. The second kappa shape index (κ2) is 8.84. The summed E-state index contributed by atoms with van der Waals surface area (Å²) in [7, 11) is 0. The number of morpholine rings is 1. The molecule has 148 valence electrons. The van der Waals surface area contributed by atoms with E-state index >= 15 is 0 Å². The van der Waals surface area contributed by atoms with Crippen molar-refractivity contribution in [1.82, 2.24) is 10.2 Å². The molecule has 1 saturated heterocycles. The summed E-state index contributed by atoms with van der Waals surface area (Å²) in [4.78, 5) is 37.9. The van der Waals surface area contributed by atoms with Crippen LogP contribution < -0.4 is 5.32 Å². The Bertz CT molecular complexity index is 872. The summed E-state index contributed by atoms with van der Waals surface area (Å²) in [5, 5.41) is 4.50. The van der Waals surface area contributed by atoms with Crippen molar-refractivity contribution in [2.75, 3.05) is 26.2 Å². The molecule has 0 unspecified atom stereocenters. The van der Waals surface area contributed by atoms with Crippen LogP contribution in [0, 0.1) is 0 Å². The number of hydrogen-bond donors (Lipinski definition) is 1. The lowest BCUT2D eigenvalue weighted by molar-refractivity contribution is -0.156. The Balaban J connectivity index is 1.45. The summed E-state index contributed by atoms with van der Waals surface area (Å²) in [6.45, 7) is 4.09.